The molecule has 0 amide bonds. The summed E-state index contributed by atoms with van der Waals surface area (Å²) in [5, 5.41) is 0. The van der Waals surface area contributed by atoms with E-state index in [1.54, 1.807) is 29.2 Å². The summed E-state index contributed by atoms with van der Waals surface area (Å²) in [7, 11) is 0. The van der Waals surface area contributed by atoms with E-state index in [0.29, 0.717) is 0 Å². The van der Waals surface area contributed by atoms with Crippen LogP contribution in [-0.4, -0.2) is 0 Å². The molecule has 3 heteroatoms. The van der Waals surface area contributed by atoms with Crippen molar-refractivity contribution in [1.29, 1.82) is 0 Å². The van der Waals surface area contributed by atoms with Crippen molar-refractivity contribution in [1.82, 2.24) is 0 Å². The molecule has 2 aliphatic carbocycles. The third-order valence-electron chi connectivity index (χ3n) is 4.30. The SMILES string of the molecule is [Br][Zr][Br].[CH2-]C.c1cc2c([cH-]1)CCCC2.c1cc2c([cH-]1)CCCC2. The minimum atomic E-state index is -0.145. The largest absolute Gasteiger partial charge is 0.346 e. The van der Waals surface area contributed by atoms with E-state index in [2.05, 4.69) is 67.8 Å². The van der Waals surface area contributed by atoms with Crippen LogP contribution in [0.25, 0.3) is 0 Å². The van der Waals surface area contributed by atoms with Gasteiger partial charge >= 0.3 is 43.0 Å². The first kappa shape index (κ1) is 21.6. The molecule has 0 bridgehead atoms. The molecule has 0 saturated carbocycles. The van der Waals surface area contributed by atoms with E-state index in [4.69, 9.17) is 0 Å². The smallest absolute Gasteiger partial charge is 0.0512 e. The maximum Gasteiger partial charge on any atom is -0.0512 e. The van der Waals surface area contributed by atoms with Crippen LogP contribution in [0.1, 0.15) is 54.9 Å². The van der Waals surface area contributed by atoms with Crippen LogP contribution in [0.4, 0.5) is 0 Å². The summed E-state index contributed by atoms with van der Waals surface area (Å²) in [5.41, 5.74) is 6.39. The van der Waals surface area contributed by atoms with Crippen molar-refractivity contribution >= 4 is 24.4 Å². The van der Waals surface area contributed by atoms with Gasteiger partial charge in [0.05, 0.1) is 0 Å². The second kappa shape index (κ2) is 13.8. The van der Waals surface area contributed by atoms with Crippen molar-refractivity contribution in [3.8, 4) is 0 Å². The molecule has 0 nitrogen and oxygen atoms in total. The Hall–Kier alpha value is 0.543. The summed E-state index contributed by atoms with van der Waals surface area (Å²) in [5.74, 6) is 0. The van der Waals surface area contributed by atoms with Crippen molar-refractivity contribution in [2.75, 3.05) is 0 Å². The zero-order chi connectivity index (χ0) is 16.9. The Labute approximate surface area is 165 Å². The van der Waals surface area contributed by atoms with Crippen LogP contribution in [0.3, 0.4) is 0 Å². The van der Waals surface area contributed by atoms with Crippen LogP contribution in [0.5, 0.6) is 0 Å². The fraction of sp³-hybridized carbons (Fsp3) is 0.450. The molecule has 0 spiro atoms. The summed E-state index contributed by atoms with van der Waals surface area (Å²) in [6.07, 6.45) is 10.9. The molecule has 2 aliphatic rings. The molecule has 0 unspecified atom stereocenters. The van der Waals surface area contributed by atoms with Gasteiger partial charge < -0.3 is 6.92 Å². The van der Waals surface area contributed by atoms with Gasteiger partial charge in [0.1, 0.15) is 0 Å². The maximum absolute atomic E-state index is 3.25. The molecule has 23 heavy (non-hydrogen) atoms. The Morgan fingerprint density at radius 1 is 0.783 bits per heavy atom. The normalized spacial score (nSPS) is 14.4. The van der Waals surface area contributed by atoms with Gasteiger partial charge in [-0.2, -0.15) is 53.4 Å². The van der Waals surface area contributed by atoms with Crippen LogP contribution in [0.2, 0.25) is 0 Å². The van der Waals surface area contributed by atoms with Crippen LogP contribution in [0.15, 0.2) is 36.4 Å². The van der Waals surface area contributed by atoms with Gasteiger partial charge in [0.15, 0.2) is 0 Å². The second-order valence-corrected chi connectivity index (χ2v) is 17.0. The van der Waals surface area contributed by atoms with Crippen molar-refractivity contribution < 1.29 is 18.5 Å². The van der Waals surface area contributed by atoms with Crippen molar-refractivity contribution in [3.63, 3.8) is 0 Å². The molecule has 0 aromatic heterocycles. The summed E-state index contributed by atoms with van der Waals surface area (Å²) < 4.78 is 0. The predicted molar refractivity (Wildman–Crippen MR) is 106 cm³/mol. The van der Waals surface area contributed by atoms with Gasteiger partial charge in [0.25, 0.3) is 0 Å². The quantitative estimate of drug-likeness (QED) is 0.327. The topological polar surface area (TPSA) is 0 Å². The standard InChI is InChI=1S/2C9H11.C2H5.2BrH.Zr/c2*1-2-5-9-7-3-6-8(9)4-1;1-2;;;/h2*3,6-7H,1-2,4-5H2;1H2,2H3;2*1H;/q3*-1;;;+2/p-2. The van der Waals surface area contributed by atoms with E-state index >= 15 is 0 Å². The minimum absolute atomic E-state index is 0.145. The predicted octanol–water partition coefficient (Wildman–Crippen LogP) is 7.10. The Morgan fingerprint density at radius 2 is 1.13 bits per heavy atom. The van der Waals surface area contributed by atoms with E-state index in [1.807, 2.05) is 0 Å². The third-order valence-corrected chi connectivity index (χ3v) is 4.30. The molecule has 0 saturated heterocycles. The van der Waals surface area contributed by atoms with Crippen LogP contribution < -0.4 is 0 Å². The number of fused-ring (bicyclic) bond motifs is 2. The molecule has 0 atom stereocenters. The number of halogens is 2. The van der Waals surface area contributed by atoms with Gasteiger partial charge in [-0.3, -0.25) is 0 Å². The molecule has 2 aromatic carbocycles. The zero-order valence-electron chi connectivity index (χ0n) is 14.1. The third kappa shape index (κ3) is 7.97. The Morgan fingerprint density at radius 3 is 1.48 bits per heavy atom. The summed E-state index contributed by atoms with van der Waals surface area (Å²) in [4.78, 5) is 0. The van der Waals surface area contributed by atoms with Gasteiger partial charge in [0.2, 0.25) is 0 Å². The molecule has 0 radical (unpaired) electrons. The molecule has 2 aromatic rings. The van der Waals surface area contributed by atoms with E-state index < -0.39 is 0 Å². The fourth-order valence-electron chi connectivity index (χ4n) is 3.23. The average Bonchev–Trinajstić information content (AvgIpc) is 3.27. The number of hydrogen-bond donors (Lipinski definition) is 0. The fourth-order valence-corrected chi connectivity index (χ4v) is 3.23. The molecule has 128 valence electrons. The number of rotatable bonds is 0. The minimum Gasteiger partial charge on any atom is -0.346 e. The molecular formula is C20H27Br2Zr-3. The van der Waals surface area contributed by atoms with E-state index in [1.165, 1.54) is 51.4 Å². The van der Waals surface area contributed by atoms with Crippen LogP contribution in [0, 0.1) is 6.92 Å². The first-order chi connectivity index (χ1) is 11.3. The summed E-state index contributed by atoms with van der Waals surface area (Å²) >= 11 is 6.32. The Balaban J connectivity index is 0.000000181. The van der Waals surface area contributed by atoms with Crippen molar-refractivity contribution in [2.24, 2.45) is 0 Å². The van der Waals surface area contributed by atoms with E-state index in [-0.39, 0.29) is 18.5 Å². The van der Waals surface area contributed by atoms with Gasteiger partial charge in [-0.25, -0.2) is 12.1 Å². The number of hydrogen-bond acceptors (Lipinski definition) is 0. The molecule has 0 fully saturated rings. The van der Waals surface area contributed by atoms with Gasteiger partial charge in [0, 0.05) is 0 Å². The monoisotopic (exact) mass is 515 g/mol. The molecule has 4 rings (SSSR count). The van der Waals surface area contributed by atoms with Crippen molar-refractivity contribution in [3.05, 3.63) is 65.6 Å². The Kier molecular flexibility index (Phi) is 12.9. The summed E-state index contributed by atoms with van der Waals surface area (Å²) in [6, 6.07) is 13.4. The first-order valence-corrected chi connectivity index (χ1v) is 19.7. The van der Waals surface area contributed by atoms with E-state index in [0.717, 1.165) is 0 Å². The molecular weight excluding hydrogens is 491 g/mol. The van der Waals surface area contributed by atoms with Gasteiger partial charge in [-0.15, -0.1) is 0 Å². The second-order valence-electron chi connectivity index (χ2n) is 5.64. The molecule has 0 N–H and O–H groups in total. The Bertz CT molecular complexity index is 426. The first-order valence-electron chi connectivity index (χ1n) is 8.49. The van der Waals surface area contributed by atoms with Crippen molar-refractivity contribution in [2.45, 2.75) is 58.3 Å². The van der Waals surface area contributed by atoms with Crippen LogP contribution >= 0.6 is 24.4 Å². The zero-order valence-corrected chi connectivity index (χ0v) is 19.7. The van der Waals surface area contributed by atoms with E-state index in [9.17, 15) is 0 Å². The average molecular weight is 518 g/mol. The van der Waals surface area contributed by atoms with Gasteiger partial charge in [-0.1, -0.05) is 51.4 Å². The summed E-state index contributed by atoms with van der Waals surface area (Å²) in [6.45, 7) is 5.00. The van der Waals surface area contributed by atoms with Gasteiger partial charge in [-0.05, 0) is 0 Å². The maximum atomic E-state index is 3.25. The molecule has 0 heterocycles. The van der Waals surface area contributed by atoms with Crippen LogP contribution in [-0.2, 0) is 44.2 Å². The number of aryl methyl sites for hydroxylation is 4. The molecule has 0 aliphatic heterocycles.